The number of rotatable bonds is 10. The van der Waals surface area contributed by atoms with Crippen LogP contribution in [0.3, 0.4) is 0 Å². The third kappa shape index (κ3) is 7.55. The summed E-state index contributed by atoms with van der Waals surface area (Å²) >= 11 is 0. The average molecular weight is 356 g/mol. The minimum absolute atomic E-state index is 0.391. The van der Waals surface area contributed by atoms with Crippen molar-refractivity contribution in [2.24, 2.45) is 10.7 Å². The van der Waals surface area contributed by atoms with Crippen molar-refractivity contribution in [2.45, 2.75) is 6.54 Å². The maximum absolute atomic E-state index is 5.94. The summed E-state index contributed by atoms with van der Waals surface area (Å²) in [6.45, 7) is 3.59. The number of aliphatic imine (C=N–C) groups is 1. The van der Waals surface area contributed by atoms with E-state index < -0.39 is 0 Å². The van der Waals surface area contributed by atoms with E-state index in [2.05, 4.69) is 22.3 Å². The van der Waals surface area contributed by atoms with E-state index in [-0.39, 0.29) is 0 Å². The number of hydrogen-bond acceptors (Lipinski definition) is 4. The quantitative estimate of drug-likeness (QED) is 0.506. The van der Waals surface area contributed by atoms with Gasteiger partial charge in [-0.2, -0.15) is 0 Å². The first-order valence-corrected chi connectivity index (χ1v) is 8.68. The number of nitrogens with two attached hydrogens (primary N) is 1. The number of ether oxygens (including phenoxy) is 2. The molecular weight excluding hydrogens is 328 g/mol. The van der Waals surface area contributed by atoms with Gasteiger partial charge in [-0.25, -0.2) is 4.99 Å². The Hall–Kier alpha value is -2.57. The SMILES string of the molecule is COCCN(C)CCOc1cccc(CN=C(N)Nc2ccccc2)c1. The van der Waals surface area contributed by atoms with Gasteiger partial charge in [-0.1, -0.05) is 30.3 Å². The Morgan fingerprint density at radius 3 is 2.62 bits per heavy atom. The number of methoxy groups -OCH3 is 1. The van der Waals surface area contributed by atoms with Gasteiger partial charge in [-0.05, 0) is 36.9 Å². The summed E-state index contributed by atoms with van der Waals surface area (Å²) < 4.78 is 10.9. The Morgan fingerprint density at radius 2 is 1.85 bits per heavy atom. The Kier molecular flexibility index (Phi) is 8.45. The number of guanidine groups is 1. The first-order chi connectivity index (χ1) is 12.7. The molecule has 0 atom stereocenters. The van der Waals surface area contributed by atoms with Gasteiger partial charge < -0.3 is 25.4 Å². The fourth-order valence-corrected chi connectivity index (χ4v) is 2.30. The zero-order valence-corrected chi connectivity index (χ0v) is 15.5. The van der Waals surface area contributed by atoms with Gasteiger partial charge in [0.15, 0.2) is 5.96 Å². The molecule has 0 aromatic heterocycles. The number of benzene rings is 2. The Balaban J connectivity index is 1.80. The van der Waals surface area contributed by atoms with Gasteiger partial charge in [-0.15, -0.1) is 0 Å². The summed E-state index contributed by atoms with van der Waals surface area (Å²) in [5, 5.41) is 3.07. The molecule has 3 N–H and O–H groups in total. The molecule has 2 rings (SSSR count). The van der Waals surface area contributed by atoms with E-state index in [1.807, 2.05) is 54.6 Å². The van der Waals surface area contributed by atoms with Crippen LogP contribution in [-0.4, -0.2) is 51.3 Å². The zero-order chi connectivity index (χ0) is 18.6. The van der Waals surface area contributed by atoms with Crippen molar-refractivity contribution in [3.8, 4) is 5.75 Å². The van der Waals surface area contributed by atoms with Gasteiger partial charge in [0.25, 0.3) is 0 Å². The fourth-order valence-electron chi connectivity index (χ4n) is 2.30. The standard InChI is InChI=1S/C20H28N4O2/c1-24(11-13-25-2)12-14-26-19-10-6-7-17(15-19)16-22-20(21)23-18-8-4-3-5-9-18/h3-10,15H,11-14,16H2,1-2H3,(H3,21,22,23). The second-order valence-corrected chi connectivity index (χ2v) is 5.98. The van der Waals surface area contributed by atoms with Crippen LogP contribution >= 0.6 is 0 Å². The average Bonchev–Trinajstić information content (AvgIpc) is 2.66. The summed E-state index contributed by atoms with van der Waals surface area (Å²) in [5.74, 6) is 1.23. The van der Waals surface area contributed by atoms with E-state index in [0.717, 1.165) is 36.7 Å². The molecule has 6 nitrogen and oxygen atoms in total. The van der Waals surface area contributed by atoms with Crippen LogP contribution < -0.4 is 15.8 Å². The second kappa shape index (κ2) is 11.1. The molecule has 2 aromatic rings. The lowest BCUT2D eigenvalue weighted by Crippen LogP contribution is -2.27. The van der Waals surface area contributed by atoms with Gasteiger partial charge in [0.1, 0.15) is 12.4 Å². The second-order valence-electron chi connectivity index (χ2n) is 5.98. The number of nitrogens with zero attached hydrogens (tertiary/aromatic N) is 2. The molecule has 6 heteroatoms. The highest BCUT2D eigenvalue weighted by atomic mass is 16.5. The van der Waals surface area contributed by atoms with Crippen molar-refractivity contribution in [3.63, 3.8) is 0 Å². The molecular formula is C20H28N4O2. The van der Waals surface area contributed by atoms with Crippen molar-refractivity contribution >= 4 is 11.6 Å². The van der Waals surface area contributed by atoms with E-state index in [1.165, 1.54) is 0 Å². The third-order valence-corrected chi connectivity index (χ3v) is 3.80. The van der Waals surface area contributed by atoms with Crippen LogP contribution in [0.15, 0.2) is 59.6 Å². The van der Waals surface area contributed by atoms with E-state index in [4.69, 9.17) is 15.2 Å². The van der Waals surface area contributed by atoms with Crippen molar-refractivity contribution < 1.29 is 9.47 Å². The highest BCUT2D eigenvalue weighted by Gasteiger charge is 2.01. The Morgan fingerprint density at radius 1 is 1.08 bits per heavy atom. The predicted octanol–water partition coefficient (Wildman–Crippen LogP) is 2.57. The number of hydrogen-bond donors (Lipinski definition) is 2. The molecule has 0 bridgehead atoms. The molecule has 0 aliphatic carbocycles. The summed E-state index contributed by atoms with van der Waals surface area (Å²) in [5.41, 5.74) is 7.91. The van der Waals surface area contributed by atoms with Crippen molar-refractivity contribution in [1.29, 1.82) is 0 Å². The number of nitrogens with one attached hydrogen (secondary N) is 1. The molecule has 140 valence electrons. The van der Waals surface area contributed by atoms with Gasteiger partial charge in [0.05, 0.1) is 13.2 Å². The summed E-state index contributed by atoms with van der Waals surface area (Å²) in [4.78, 5) is 6.55. The summed E-state index contributed by atoms with van der Waals surface area (Å²) in [6.07, 6.45) is 0. The fraction of sp³-hybridized carbons (Fsp3) is 0.350. The molecule has 0 unspecified atom stereocenters. The lowest BCUT2D eigenvalue weighted by atomic mass is 10.2. The van der Waals surface area contributed by atoms with Crippen LogP contribution in [0.25, 0.3) is 0 Å². The third-order valence-electron chi connectivity index (χ3n) is 3.80. The summed E-state index contributed by atoms with van der Waals surface area (Å²) in [6, 6.07) is 17.7. The Labute approximate surface area is 155 Å². The smallest absolute Gasteiger partial charge is 0.193 e. The molecule has 0 aliphatic rings. The highest BCUT2D eigenvalue weighted by Crippen LogP contribution is 2.14. The number of anilines is 1. The normalized spacial score (nSPS) is 11.6. The predicted molar refractivity (Wildman–Crippen MR) is 107 cm³/mol. The van der Waals surface area contributed by atoms with Crippen LogP contribution in [0.2, 0.25) is 0 Å². The van der Waals surface area contributed by atoms with Crippen LogP contribution in [-0.2, 0) is 11.3 Å². The zero-order valence-electron chi connectivity index (χ0n) is 15.5. The lowest BCUT2D eigenvalue weighted by Gasteiger charge is -2.16. The van der Waals surface area contributed by atoms with E-state index in [1.54, 1.807) is 7.11 Å². The van der Waals surface area contributed by atoms with Crippen LogP contribution in [0, 0.1) is 0 Å². The van der Waals surface area contributed by atoms with Crippen LogP contribution in [0.4, 0.5) is 5.69 Å². The maximum atomic E-state index is 5.94. The number of likely N-dealkylation sites (N-methyl/N-ethyl adjacent to an activating group) is 1. The molecule has 0 radical (unpaired) electrons. The van der Waals surface area contributed by atoms with Gasteiger partial charge in [0.2, 0.25) is 0 Å². The van der Waals surface area contributed by atoms with Gasteiger partial charge in [-0.3, -0.25) is 0 Å². The molecule has 0 amide bonds. The van der Waals surface area contributed by atoms with Crippen molar-refractivity contribution in [3.05, 3.63) is 60.2 Å². The molecule has 0 aliphatic heterocycles. The van der Waals surface area contributed by atoms with E-state index in [0.29, 0.717) is 19.1 Å². The van der Waals surface area contributed by atoms with Gasteiger partial charge >= 0.3 is 0 Å². The molecule has 26 heavy (non-hydrogen) atoms. The molecule has 0 fully saturated rings. The number of para-hydroxylation sites is 1. The van der Waals surface area contributed by atoms with Gasteiger partial charge in [0, 0.05) is 25.9 Å². The van der Waals surface area contributed by atoms with E-state index in [9.17, 15) is 0 Å². The van der Waals surface area contributed by atoms with Crippen LogP contribution in [0.1, 0.15) is 5.56 Å². The molecule has 0 saturated carbocycles. The van der Waals surface area contributed by atoms with Crippen LogP contribution in [0.5, 0.6) is 5.75 Å². The Bertz CT molecular complexity index is 677. The van der Waals surface area contributed by atoms with Crippen molar-refractivity contribution in [1.82, 2.24) is 4.90 Å². The molecule has 0 heterocycles. The first-order valence-electron chi connectivity index (χ1n) is 8.68. The first kappa shape index (κ1) is 19.8. The minimum atomic E-state index is 0.391. The molecule has 0 spiro atoms. The highest BCUT2D eigenvalue weighted by molar-refractivity contribution is 5.92. The van der Waals surface area contributed by atoms with E-state index >= 15 is 0 Å². The largest absolute Gasteiger partial charge is 0.492 e. The molecule has 2 aromatic carbocycles. The topological polar surface area (TPSA) is 72.1 Å². The summed E-state index contributed by atoms with van der Waals surface area (Å²) in [7, 11) is 3.76. The maximum Gasteiger partial charge on any atom is 0.193 e. The monoisotopic (exact) mass is 356 g/mol. The van der Waals surface area contributed by atoms with Crippen molar-refractivity contribution in [2.75, 3.05) is 45.8 Å². The lowest BCUT2D eigenvalue weighted by molar-refractivity contribution is 0.150. The molecule has 0 saturated heterocycles. The minimum Gasteiger partial charge on any atom is -0.492 e.